The van der Waals surface area contributed by atoms with E-state index in [4.69, 9.17) is 5.73 Å². The number of hydrogen-bond donors (Lipinski definition) is 1. The Hall–Kier alpha value is -1.42. The molecule has 0 saturated carbocycles. The quantitative estimate of drug-likeness (QED) is 0.840. The zero-order valence-corrected chi connectivity index (χ0v) is 11.4. The second-order valence-corrected chi connectivity index (χ2v) is 6.20. The molecule has 0 atom stereocenters. The summed E-state index contributed by atoms with van der Waals surface area (Å²) in [5.74, 6) is 0. The second kappa shape index (κ2) is 4.11. The van der Waals surface area contributed by atoms with E-state index >= 15 is 0 Å². The van der Waals surface area contributed by atoms with Crippen molar-refractivity contribution < 1.29 is 0 Å². The number of nitrogens with zero attached hydrogens (tertiary/aromatic N) is 2. The largest absolute Gasteiger partial charge is 0.389 e. The summed E-state index contributed by atoms with van der Waals surface area (Å²) in [5, 5.41) is 1.83. The van der Waals surface area contributed by atoms with E-state index in [1.54, 1.807) is 17.5 Å². The first-order valence-electron chi connectivity index (χ1n) is 5.57. The number of aryl methyl sites for hydroxylation is 1. The van der Waals surface area contributed by atoms with Gasteiger partial charge in [0.1, 0.15) is 15.7 Å². The third kappa shape index (κ3) is 2.31. The molecule has 0 saturated heterocycles. The van der Waals surface area contributed by atoms with Crippen molar-refractivity contribution in [2.24, 2.45) is 0 Å². The van der Waals surface area contributed by atoms with E-state index in [-0.39, 0.29) is 5.41 Å². The Bertz CT molecular complexity index is 538. The number of anilines is 1. The minimum atomic E-state index is 0.0349. The van der Waals surface area contributed by atoms with E-state index in [0.29, 0.717) is 0 Å². The normalized spacial score (nSPS) is 11.8. The molecule has 90 valence electrons. The summed E-state index contributed by atoms with van der Waals surface area (Å²) < 4.78 is 0. The molecule has 2 aromatic heterocycles. The van der Waals surface area contributed by atoms with Gasteiger partial charge in [0.2, 0.25) is 0 Å². The Labute approximate surface area is 106 Å². The maximum absolute atomic E-state index is 6.07. The van der Waals surface area contributed by atoms with Crippen LogP contribution < -0.4 is 5.73 Å². The van der Waals surface area contributed by atoms with Gasteiger partial charge in [-0.25, -0.2) is 4.98 Å². The molecule has 0 aliphatic rings. The monoisotopic (exact) mass is 247 g/mol. The van der Waals surface area contributed by atoms with Crippen molar-refractivity contribution in [3.8, 4) is 11.3 Å². The molecule has 2 N–H and O–H groups in total. The van der Waals surface area contributed by atoms with Gasteiger partial charge >= 0.3 is 0 Å². The maximum Gasteiger partial charge on any atom is 0.114 e. The predicted molar refractivity (Wildman–Crippen MR) is 73.2 cm³/mol. The number of aromatic nitrogens is 2. The smallest absolute Gasteiger partial charge is 0.114 e. The Kier molecular flexibility index (Phi) is 2.91. The van der Waals surface area contributed by atoms with Gasteiger partial charge in [-0.05, 0) is 18.6 Å². The van der Waals surface area contributed by atoms with Crippen LogP contribution in [0.15, 0.2) is 18.5 Å². The highest BCUT2D eigenvalue weighted by Crippen LogP contribution is 2.36. The molecule has 0 bridgehead atoms. The summed E-state index contributed by atoms with van der Waals surface area (Å²) in [7, 11) is 0. The van der Waals surface area contributed by atoms with Crippen molar-refractivity contribution in [3.05, 3.63) is 29.0 Å². The summed E-state index contributed by atoms with van der Waals surface area (Å²) in [4.78, 5) is 8.81. The second-order valence-electron chi connectivity index (χ2n) is 5.17. The summed E-state index contributed by atoms with van der Waals surface area (Å²) in [5.41, 5.74) is 9.14. The van der Waals surface area contributed by atoms with Gasteiger partial charge in [-0.3, -0.25) is 4.98 Å². The molecule has 0 aliphatic heterocycles. The van der Waals surface area contributed by atoms with Crippen molar-refractivity contribution >= 4 is 16.3 Å². The predicted octanol–water partition coefficient (Wildman–Crippen LogP) is 3.39. The van der Waals surface area contributed by atoms with Gasteiger partial charge in [-0.15, -0.1) is 11.3 Å². The van der Waals surface area contributed by atoms with Crippen molar-refractivity contribution in [1.29, 1.82) is 0 Å². The van der Waals surface area contributed by atoms with E-state index in [2.05, 4.69) is 30.7 Å². The molecular formula is C13H17N3S. The van der Waals surface area contributed by atoms with Crippen LogP contribution in [0, 0.1) is 6.92 Å². The molecule has 17 heavy (non-hydrogen) atoms. The van der Waals surface area contributed by atoms with E-state index in [1.165, 1.54) is 0 Å². The molecule has 2 heterocycles. The average molecular weight is 247 g/mol. The molecule has 2 rings (SSSR count). The van der Waals surface area contributed by atoms with Crippen LogP contribution in [0.1, 0.15) is 31.3 Å². The molecular weight excluding hydrogens is 230 g/mol. The van der Waals surface area contributed by atoms with Crippen molar-refractivity contribution in [2.75, 3.05) is 5.73 Å². The fourth-order valence-corrected chi connectivity index (χ4v) is 2.46. The first kappa shape index (κ1) is 12.0. The topological polar surface area (TPSA) is 51.8 Å². The zero-order chi connectivity index (χ0) is 12.6. The molecule has 0 radical (unpaired) electrons. The molecule has 3 nitrogen and oxygen atoms in total. The van der Waals surface area contributed by atoms with E-state index in [0.717, 1.165) is 26.8 Å². The lowest BCUT2D eigenvalue weighted by atomic mass is 9.98. The van der Waals surface area contributed by atoms with E-state index in [9.17, 15) is 0 Å². The number of hydrogen-bond acceptors (Lipinski definition) is 4. The van der Waals surface area contributed by atoms with Crippen LogP contribution in [-0.2, 0) is 5.41 Å². The number of rotatable bonds is 1. The van der Waals surface area contributed by atoms with Crippen LogP contribution in [0.25, 0.3) is 11.3 Å². The lowest BCUT2D eigenvalue weighted by molar-refractivity contribution is 0.586. The van der Waals surface area contributed by atoms with Gasteiger partial charge in [0.05, 0.1) is 0 Å². The molecule has 2 aromatic rings. The number of nitrogen functional groups attached to an aromatic ring is 1. The Balaban J connectivity index is 2.55. The Morgan fingerprint density at radius 3 is 2.53 bits per heavy atom. The molecule has 4 heteroatoms. The highest BCUT2D eigenvalue weighted by atomic mass is 32.1. The third-order valence-electron chi connectivity index (χ3n) is 2.59. The molecule has 0 amide bonds. The molecule has 0 unspecified atom stereocenters. The average Bonchev–Trinajstić information content (AvgIpc) is 2.61. The van der Waals surface area contributed by atoms with Crippen molar-refractivity contribution in [3.63, 3.8) is 0 Å². The first-order valence-corrected chi connectivity index (χ1v) is 6.39. The molecule has 0 aliphatic carbocycles. The third-order valence-corrected chi connectivity index (χ3v) is 3.90. The van der Waals surface area contributed by atoms with Crippen LogP contribution in [-0.4, -0.2) is 9.97 Å². The molecule has 0 fully saturated rings. The van der Waals surface area contributed by atoms with Crippen LogP contribution in [0.5, 0.6) is 0 Å². The van der Waals surface area contributed by atoms with Gasteiger partial charge < -0.3 is 5.73 Å². The standard InChI is InChI=1S/C13H17N3S/c1-8-5-6-15-7-9(8)10-11(14)17-12(16-10)13(2,3)4/h5-7H,14H2,1-4H3. The van der Waals surface area contributed by atoms with Crippen LogP contribution in [0.3, 0.4) is 0 Å². The minimum Gasteiger partial charge on any atom is -0.389 e. The lowest BCUT2D eigenvalue weighted by Crippen LogP contribution is -2.10. The highest BCUT2D eigenvalue weighted by Gasteiger charge is 2.21. The van der Waals surface area contributed by atoms with Crippen molar-refractivity contribution in [2.45, 2.75) is 33.1 Å². The summed E-state index contributed by atoms with van der Waals surface area (Å²) >= 11 is 1.56. The SMILES string of the molecule is Cc1ccncc1-c1nc(C(C)(C)C)sc1N. The van der Waals surface area contributed by atoms with Crippen LogP contribution in [0.4, 0.5) is 5.00 Å². The minimum absolute atomic E-state index is 0.0349. The van der Waals surface area contributed by atoms with E-state index < -0.39 is 0 Å². The fraction of sp³-hybridized carbons (Fsp3) is 0.385. The Morgan fingerprint density at radius 1 is 1.29 bits per heavy atom. The number of nitrogens with two attached hydrogens (primary N) is 1. The van der Waals surface area contributed by atoms with Gasteiger partial charge in [0, 0.05) is 23.4 Å². The van der Waals surface area contributed by atoms with Gasteiger partial charge in [0.25, 0.3) is 0 Å². The van der Waals surface area contributed by atoms with E-state index in [1.807, 2.05) is 19.2 Å². The summed E-state index contributed by atoms with van der Waals surface area (Å²) in [6, 6.07) is 1.98. The molecule has 0 aromatic carbocycles. The van der Waals surface area contributed by atoms with Crippen LogP contribution in [0.2, 0.25) is 0 Å². The number of pyridine rings is 1. The van der Waals surface area contributed by atoms with Gasteiger partial charge in [-0.1, -0.05) is 20.8 Å². The first-order chi connectivity index (χ1) is 7.89. The van der Waals surface area contributed by atoms with Gasteiger partial charge in [0.15, 0.2) is 0 Å². The Morgan fingerprint density at radius 2 is 2.00 bits per heavy atom. The lowest BCUT2D eigenvalue weighted by Gasteiger charge is -2.13. The van der Waals surface area contributed by atoms with Gasteiger partial charge in [-0.2, -0.15) is 0 Å². The molecule has 0 spiro atoms. The summed E-state index contributed by atoms with van der Waals surface area (Å²) in [6.45, 7) is 8.48. The summed E-state index contributed by atoms with van der Waals surface area (Å²) in [6.07, 6.45) is 3.61. The highest BCUT2D eigenvalue weighted by molar-refractivity contribution is 7.16. The van der Waals surface area contributed by atoms with Crippen LogP contribution >= 0.6 is 11.3 Å². The fourth-order valence-electron chi connectivity index (χ4n) is 1.56. The van der Waals surface area contributed by atoms with Crippen molar-refractivity contribution in [1.82, 2.24) is 9.97 Å². The zero-order valence-electron chi connectivity index (χ0n) is 10.6. The maximum atomic E-state index is 6.07. The number of thiazole rings is 1.